The molecule has 4 aromatic carbocycles. The second kappa shape index (κ2) is 14.7. The molecule has 3 aliphatic heterocycles. The molecule has 3 saturated heterocycles. The third kappa shape index (κ3) is 7.27. The number of phenolic OH excluding ortho intramolecular Hbond substituents is 1. The van der Waals surface area contributed by atoms with E-state index in [1.807, 2.05) is 60.7 Å². The molecule has 5 aromatic rings. The molecule has 0 aliphatic carbocycles. The lowest BCUT2D eigenvalue weighted by Crippen LogP contribution is -2.51. The molecule has 1 aromatic heterocycles. The predicted octanol–water partition coefficient (Wildman–Crippen LogP) is 6.40. The Labute approximate surface area is 296 Å². The van der Waals surface area contributed by atoms with Gasteiger partial charge in [0.25, 0.3) is 0 Å². The molecular weight excluding hydrogens is 647 g/mol. The van der Waals surface area contributed by atoms with E-state index < -0.39 is 11.9 Å². The molecule has 0 radical (unpaired) electrons. The zero-order valence-electron chi connectivity index (χ0n) is 28.6. The Morgan fingerprint density at radius 3 is 2.59 bits per heavy atom. The number of aromatic nitrogens is 2. The van der Waals surface area contributed by atoms with Crippen LogP contribution in [0.2, 0.25) is 0 Å². The lowest BCUT2D eigenvalue weighted by Gasteiger charge is -2.34. The number of piperazine rings is 1. The number of nitrogens with zero attached hydrogens (tertiary/aromatic N) is 4. The highest BCUT2D eigenvalue weighted by molar-refractivity contribution is 6.01. The van der Waals surface area contributed by atoms with Crippen LogP contribution < -0.4 is 20.3 Å². The van der Waals surface area contributed by atoms with Crippen LogP contribution in [0.25, 0.3) is 32.8 Å². The highest BCUT2D eigenvalue weighted by Gasteiger charge is 2.34. The van der Waals surface area contributed by atoms with Crippen molar-refractivity contribution < 1.29 is 23.8 Å². The molecule has 2 unspecified atom stereocenters. The highest BCUT2D eigenvalue weighted by Crippen LogP contribution is 2.39. The molecule has 2 bridgehead atoms. The maximum absolute atomic E-state index is 16.8. The molecule has 1 amide bonds. The fourth-order valence-electron chi connectivity index (χ4n) is 7.92. The van der Waals surface area contributed by atoms with Gasteiger partial charge in [-0.1, -0.05) is 60.7 Å². The standard InChI is InChI=1S/C40H43FN6O4/c41-36-33(35-21-31(48)20-27-10-4-5-12-32(27)35)15-16-34-37(36)44-39(45-38(34)47-22-28-13-14-29(23-47)43-28)50-25-30-11-6-18-46(30)19-7-17-42-40(49)51-24-26-8-2-1-3-9-26/h1-5,8-10,12,15-16,20-21,28-30,43,48H,6-7,11,13-14,17-19,22-25H2,(H,42,49)/t28?,29?,30-/m0/s1. The maximum atomic E-state index is 16.8. The van der Waals surface area contributed by atoms with E-state index in [0.29, 0.717) is 47.6 Å². The van der Waals surface area contributed by atoms with E-state index in [1.54, 1.807) is 18.2 Å². The summed E-state index contributed by atoms with van der Waals surface area (Å²) < 4.78 is 28.4. The van der Waals surface area contributed by atoms with Gasteiger partial charge in [-0.05, 0) is 78.7 Å². The number of alkyl carbamates (subject to hydrolysis) is 1. The van der Waals surface area contributed by atoms with Crippen molar-refractivity contribution in [1.82, 2.24) is 25.5 Å². The van der Waals surface area contributed by atoms with Crippen LogP contribution in [0, 0.1) is 5.82 Å². The molecular formula is C40H43FN6O4. The number of carbonyl (C=O) groups excluding carboxylic acids is 1. The monoisotopic (exact) mass is 690 g/mol. The first-order valence-electron chi connectivity index (χ1n) is 18.0. The number of halogens is 1. The zero-order valence-corrected chi connectivity index (χ0v) is 28.6. The average molecular weight is 691 g/mol. The number of amides is 1. The number of fused-ring (bicyclic) bond motifs is 4. The molecule has 8 rings (SSSR count). The Bertz CT molecular complexity index is 2020. The van der Waals surface area contributed by atoms with Crippen LogP contribution in [0.4, 0.5) is 15.0 Å². The van der Waals surface area contributed by atoms with Gasteiger partial charge in [0.15, 0.2) is 5.82 Å². The van der Waals surface area contributed by atoms with Gasteiger partial charge in [0.2, 0.25) is 0 Å². The van der Waals surface area contributed by atoms with Crippen LogP contribution in [0.15, 0.2) is 78.9 Å². The Balaban J connectivity index is 0.992. The predicted molar refractivity (Wildman–Crippen MR) is 196 cm³/mol. The van der Waals surface area contributed by atoms with E-state index in [4.69, 9.17) is 19.4 Å². The van der Waals surface area contributed by atoms with Crippen molar-refractivity contribution in [2.45, 2.75) is 56.8 Å². The molecule has 264 valence electrons. The van der Waals surface area contributed by atoms with Crippen LogP contribution in [0.5, 0.6) is 11.8 Å². The summed E-state index contributed by atoms with van der Waals surface area (Å²) in [6.45, 7) is 4.44. The van der Waals surface area contributed by atoms with Crippen molar-refractivity contribution in [3.8, 4) is 22.9 Å². The SMILES string of the molecule is O=C(NCCCN1CCC[C@H]1COc1nc(N2CC3CCC(C2)N3)c2ccc(-c3cc(O)cc4ccccc34)c(F)c2n1)OCc1ccccc1. The minimum atomic E-state index is -0.466. The molecule has 11 heteroatoms. The summed E-state index contributed by atoms with van der Waals surface area (Å²) in [6.07, 6.45) is 4.59. The van der Waals surface area contributed by atoms with Crippen LogP contribution in [0.3, 0.4) is 0 Å². The minimum absolute atomic E-state index is 0.0757. The second-order valence-electron chi connectivity index (χ2n) is 13.9. The first kappa shape index (κ1) is 33.2. The number of hydrogen-bond acceptors (Lipinski definition) is 9. The molecule has 10 nitrogen and oxygen atoms in total. The highest BCUT2D eigenvalue weighted by atomic mass is 19.1. The summed E-state index contributed by atoms with van der Waals surface area (Å²) in [4.78, 5) is 26.4. The van der Waals surface area contributed by atoms with E-state index in [9.17, 15) is 9.90 Å². The quantitative estimate of drug-likeness (QED) is 0.136. The van der Waals surface area contributed by atoms with E-state index in [2.05, 4.69) is 20.4 Å². The number of phenols is 1. The number of anilines is 1. The van der Waals surface area contributed by atoms with Gasteiger partial charge >= 0.3 is 12.1 Å². The fraction of sp³-hybridized carbons (Fsp3) is 0.375. The van der Waals surface area contributed by atoms with E-state index in [0.717, 1.165) is 74.6 Å². The van der Waals surface area contributed by atoms with Crippen LogP contribution >= 0.6 is 0 Å². The number of rotatable bonds is 11. The Hall–Kier alpha value is -5.00. The lowest BCUT2D eigenvalue weighted by molar-refractivity contribution is 0.137. The van der Waals surface area contributed by atoms with Gasteiger partial charge in [0.05, 0.1) is 0 Å². The first-order valence-corrected chi connectivity index (χ1v) is 18.0. The summed E-state index contributed by atoms with van der Waals surface area (Å²) in [5, 5.41) is 19.4. The number of hydrogen-bond donors (Lipinski definition) is 3. The summed E-state index contributed by atoms with van der Waals surface area (Å²) in [5.41, 5.74) is 2.13. The second-order valence-corrected chi connectivity index (χ2v) is 13.9. The van der Waals surface area contributed by atoms with Crippen LogP contribution in [-0.4, -0.2) is 83.5 Å². The molecule has 3 N–H and O–H groups in total. The topological polar surface area (TPSA) is 112 Å². The number of nitrogens with one attached hydrogen (secondary N) is 2. The van der Waals surface area contributed by atoms with Crippen molar-refractivity contribution in [1.29, 1.82) is 0 Å². The van der Waals surface area contributed by atoms with E-state index in [1.165, 1.54) is 0 Å². The Morgan fingerprint density at radius 1 is 0.941 bits per heavy atom. The third-order valence-electron chi connectivity index (χ3n) is 10.4. The summed E-state index contributed by atoms with van der Waals surface area (Å²) in [7, 11) is 0. The minimum Gasteiger partial charge on any atom is -0.508 e. The number of ether oxygens (including phenoxy) is 2. The number of aromatic hydroxyl groups is 1. The van der Waals surface area contributed by atoms with Crippen molar-refractivity contribution in [2.75, 3.05) is 44.2 Å². The van der Waals surface area contributed by atoms with Gasteiger partial charge in [0, 0.05) is 55.3 Å². The van der Waals surface area contributed by atoms with Gasteiger partial charge in [-0.2, -0.15) is 9.97 Å². The van der Waals surface area contributed by atoms with Crippen LogP contribution in [-0.2, 0) is 11.3 Å². The average Bonchev–Trinajstić information content (AvgIpc) is 3.75. The number of carbonyl (C=O) groups is 1. The van der Waals surface area contributed by atoms with Gasteiger partial charge < -0.3 is 30.1 Å². The number of likely N-dealkylation sites (tertiary alicyclic amines) is 1. The lowest BCUT2D eigenvalue weighted by atomic mass is 9.96. The van der Waals surface area contributed by atoms with Gasteiger partial charge in [-0.15, -0.1) is 0 Å². The van der Waals surface area contributed by atoms with E-state index >= 15 is 4.39 Å². The summed E-state index contributed by atoms with van der Waals surface area (Å²) in [5.74, 6) is 0.298. The normalized spacial score (nSPS) is 20.3. The Morgan fingerprint density at radius 2 is 1.75 bits per heavy atom. The molecule has 0 spiro atoms. The molecule has 51 heavy (non-hydrogen) atoms. The van der Waals surface area contributed by atoms with Gasteiger partial charge in [0.1, 0.15) is 30.3 Å². The molecule has 4 heterocycles. The molecule has 3 aliphatic rings. The van der Waals surface area contributed by atoms with Crippen LogP contribution in [0.1, 0.15) is 37.7 Å². The van der Waals surface area contributed by atoms with Crippen molar-refractivity contribution in [2.24, 2.45) is 0 Å². The van der Waals surface area contributed by atoms with Crippen molar-refractivity contribution >= 4 is 33.6 Å². The molecule has 3 fully saturated rings. The van der Waals surface area contributed by atoms with Crippen molar-refractivity contribution in [3.05, 3.63) is 90.2 Å². The van der Waals surface area contributed by atoms with E-state index in [-0.39, 0.29) is 29.9 Å². The smallest absolute Gasteiger partial charge is 0.407 e. The summed E-state index contributed by atoms with van der Waals surface area (Å²) >= 11 is 0. The molecule has 0 saturated carbocycles. The third-order valence-corrected chi connectivity index (χ3v) is 10.4. The largest absolute Gasteiger partial charge is 0.508 e. The van der Waals surface area contributed by atoms with Crippen molar-refractivity contribution in [3.63, 3.8) is 0 Å². The fourth-order valence-corrected chi connectivity index (χ4v) is 7.92. The first-order chi connectivity index (χ1) is 25.0. The molecule has 3 atom stereocenters. The zero-order chi connectivity index (χ0) is 34.7. The van der Waals surface area contributed by atoms with Gasteiger partial charge in [-0.25, -0.2) is 9.18 Å². The number of benzene rings is 4. The maximum Gasteiger partial charge on any atom is 0.407 e. The Kier molecular flexibility index (Phi) is 9.55. The summed E-state index contributed by atoms with van der Waals surface area (Å²) in [6, 6.07) is 25.3. The van der Waals surface area contributed by atoms with Gasteiger partial charge in [-0.3, -0.25) is 4.90 Å².